The summed E-state index contributed by atoms with van der Waals surface area (Å²) in [6.07, 6.45) is 5.50. The summed E-state index contributed by atoms with van der Waals surface area (Å²) in [5, 5.41) is 8.58. The standard InChI is InChI=1S/C24H26FN3O2S/c1-17-7-11-19(12-8-17)23-26-27-24(30-23)31-16-22(29)28(21-5-3-2-4-6-21)15-18-9-13-20(25)14-10-18/h7-14,21H,2-6,15-16H2,1H3. The third kappa shape index (κ3) is 5.73. The van der Waals surface area contributed by atoms with Crippen molar-refractivity contribution in [2.45, 2.75) is 56.8 Å². The highest BCUT2D eigenvalue weighted by atomic mass is 32.2. The van der Waals surface area contributed by atoms with Gasteiger partial charge in [0.1, 0.15) is 5.82 Å². The zero-order valence-electron chi connectivity index (χ0n) is 17.6. The Morgan fingerprint density at radius 3 is 2.48 bits per heavy atom. The summed E-state index contributed by atoms with van der Waals surface area (Å²) < 4.78 is 19.0. The number of halogens is 1. The normalized spacial score (nSPS) is 14.5. The van der Waals surface area contributed by atoms with Gasteiger partial charge in [0.15, 0.2) is 0 Å². The molecule has 0 saturated heterocycles. The van der Waals surface area contributed by atoms with E-state index in [1.807, 2.05) is 36.1 Å². The minimum absolute atomic E-state index is 0.0383. The third-order valence-electron chi connectivity index (χ3n) is 5.63. The largest absolute Gasteiger partial charge is 0.411 e. The van der Waals surface area contributed by atoms with Crippen molar-refractivity contribution >= 4 is 17.7 Å². The molecule has 4 rings (SSSR count). The van der Waals surface area contributed by atoms with Crippen molar-refractivity contribution in [3.63, 3.8) is 0 Å². The Morgan fingerprint density at radius 1 is 1.06 bits per heavy atom. The molecule has 1 aliphatic rings. The van der Waals surface area contributed by atoms with Gasteiger partial charge in [0, 0.05) is 18.2 Å². The predicted molar refractivity (Wildman–Crippen MR) is 119 cm³/mol. The highest BCUT2D eigenvalue weighted by Crippen LogP contribution is 2.27. The molecule has 1 aliphatic carbocycles. The van der Waals surface area contributed by atoms with Crippen molar-refractivity contribution < 1.29 is 13.6 Å². The zero-order chi connectivity index (χ0) is 21.6. The Morgan fingerprint density at radius 2 is 1.77 bits per heavy atom. The van der Waals surface area contributed by atoms with Crippen molar-refractivity contribution in [2.75, 3.05) is 5.75 Å². The van der Waals surface area contributed by atoms with E-state index in [0.29, 0.717) is 17.7 Å². The molecular weight excluding hydrogens is 413 g/mol. The van der Waals surface area contributed by atoms with Gasteiger partial charge in [-0.1, -0.05) is 60.9 Å². The molecule has 162 valence electrons. The minimum atomic E-state index is -0.268. The highest BCUT2D eigenvalue weighted by molar-refractivity contribution is 7.99. The van der Waals surface area contributed by atoms with Crippen LogP contribution in [0.1, 0.15) is 43.2 Å². The molecule has 1 saturated carbocycles. The summed E-state index contributed by atoms with van der Waals surface area (Å²) in [4.78, 5) is 15.1. The molecule has 1 amide bonds. The van der Waals surface area contributed by atoms with E-state index >= 15 is 0 Å². The van der Waals surface area contributed by atoms with Gasteiger partial charge in [-0.25, -0.2) is 4.39 Å². The quantitative estimate of drug-likeness (QED) is 0.446. The smallest absolute Gasteiger partial charge is 0.277 e. The Bertz CT molecular complexity index is 998. The molecule has 1 fully saturated rings. The molecule has 7 heteroatoms. The summed E-state index contributed by atoms with van der Waals surface area (Å²) in [5.74, 6) is 0.449. The van der Waals surface area contributed by atoms with Crippen LogP contribution >= 0.6 is 11.8 Å². The maximum absolute atomic E-state index is 13.3. The second kappa shape index (κ2) is 10.1. The number of aromatic nitrogens is 2. The number of thioether (sulfide) groups is 1. The molecule has 0 spiro atoms. The molecule has 0 N–H and O–H groups in total. The Balaban J connectivity index is 1.42. The van der Waals surface area contributed by atoms with Crippen LogP contribution in [0, 0.1) is 12.7 Å². The van der Waals surface area contributed by atoms with Crippen LogP contribution < -0.4 is 0 Å². The van der Waals surface area contributed by atoms with Gasteiger partial charge in [0.25, 0.3) is 5.22 Å². The molecule has 0 unspecified atom stereocenters. The van der Waals surface area contributed by atoms with Gasteiger partial charge in [0.05, 0.1) is 5.75 Å². The van der Waals surface area contributed by atoms with E-state index < -0.39 is 0 Å². The maximum Gasteiger partial charge on any atom is 0.277 e. The summed E-state index contributed by atoms with van der Waals surface area (Å²) in [6, 6.07) is 14.5. The first-order chi connectivity index (χ1) is 15.1. The molecule has 3 aromatic rings. The number of aryl methyl sites for hydroxylation is 1. The van der Waals surface area contributed by atoms with Crippen LogP contribution in [0.3, 0.4) is 0 Å². The van der Waals surface area contributed by atoms with Crippen LogP contribution in [-0.2, 0) is 11.3 Å². The lowest BCUT2D eigenvalue weighted by molar-refractivity contribution is -0.132. The number of hydrogen-bond donors (Lipinski definition) is 0. The number of nitrogens with zero attached hydrogens (tertiary/aromatic N) is 3. The van der Waals surface area contributed by atoms with Crippen LogP contribution in [0.15, 0.2) is 58.2 Å². The summed E-state index contributed by atoms with van der Waals surface area (Å²) >= 11 is 1.26. The molecule has 31 heavy (non-hydrogen) atoms. The summed E-state index contributed by atoms with van der Waals surface area (Å²) in [7, 11) is 0. The van der Waals surface area contributed by atoms with E-state index in [9.17, 15) is 9.18 Å². The van der Waals surface area contributed by atoms with E-state index in [2.05, 4.69) is 10.2 Å². The Labute approximate surface area is 186 Å². The molecule has 1 aromatic heterocycles. The second-order valence-electron chi connectivity index (χ2n) is 7.97. The fourth-order valence-corrected chi connectivity index (χ4v) is 4.54. The number of carbonyl (C=O) groups excluding carboxylic acids is 1. The van der Waals surface area contributed by atoms with Crippen LogP contribution in [0.5, 0.6) is 0 Å². The summed E-state index contributed by atoms with van der Waals surface area (Å²) in [6.45, 7) is 2.51. The fourth-order valence-electron chi connectivity index (χ4n) is 3.89. The average Bonchev–Trinajstić information content (AvgIpc) is 3.27. The lowest BCUT2D eigenvalue weighted by Crippen LogP contribution is -2.41. The topological polar surface area (TPSA) is 59.2 Å². The maximum atomic E-state index is 13.3. The van der Waals surface area contributed by atoms with Gasteiger partial charge in [-0.15, -0.1) is 10.2 Å². The van der Waals surface area contributed by atoms with Gasteiger partial charge in [-0.2, -0.15) is 0 Å². The molecular formula is C24H26FN3O2S. The lowest BCUT2D eigenvalue weighted by atomic mass is 9.94. The minimum Gasteiger partial charge on any atom is -0.411 e. The fraction of sp³-hybridized carbons (Fsp3) is 0.375. The number of benzene rings is 2. The first-order valence-electron chi connectivity index (χ1n) is 10.7. The zero-order valence-corrected chi connectivity index (χ0v) is 18.4. The number of hydrogen-bond acceptors (Lipinski definition) is 5. The van der Waals surface area contributed by atoms with E-state index in [-0.39, 0.29) is 23.5 Å². The summed E-state index contributed by atoms with van der Waals surface area (Å²) in [5.41, 5.74) is 2.95. The Hall–Kier alpha value is -2.67. The molecule has 0 bridgehead atoms. The van der Waals surface area contributed by atoms with Crippen LogP contribution in [-0.4, -0.2) is 32.8 Å². The first-order valence-corrected chi connectivity index (χ1v) is 11.6. The predicted octanol–water partition coefficient (Wildman–Crippen LogP) is 5.64. The van der Waals surface area contributed by atoms with Crippen molar-refractivity contribution in [3.8, 4) is 11.5 Å². The molecule has 2 aromatic carbocycles. The van der Waals surface area contributed by atoms with Crippen molar-refractivity contribution in [2.24, 2.45) is 0 Å². The monoisotopic (exact) mass is 439 g/mol. The molecule has 0 atom stereocenters. The van der Waals surface area contributed by atoms with Gasteiger partial charge in [-0.3, -0.25) is 4.79 Å². The number of rotatable bonds is 7. The Kier molecular flexibility index (Phi) is 7.02. The first kappa shape index (κ1) is 21.6. The average molecular weight is 440 g/mol. The van der Waals surface area contributed by atoms with Crippen molar-refractivity contribution in [1.29, 1.82) is 0 Å². The van der Waals surface area contributed by atoms with E-state index in [4.69, 9.17) is 4.42 Å². The van der Waals surface area contributed by atoms with Crippen molar-refractivity contribution in [3.05, 3.63) is 65.5 Å². The number of amides is 1. The van der Waals surface area contributed by atoms with Gasteiger partial charge in [0.2, 0.25) is 11.8 Å². The van der Waals surface area contributed by atoms with Crippen LogP contribution in [0.2, 0.25) is 0 Å². The molecule has 5 nitrogen and oxygen atoms in total. The SMILES string of the molecule is Cc1ccc(-c2nnc(SCC(=O)N(Cc3ccc(F)cc3)C3CCCCC3)o2)cc1. The van der Waals surface area contributed by atoms with Gasteiger partial charge >= 0.3 is 0 Å². The number of carbonyl (C=O) groups is 1. The lowest BCUT2D eigenvalue weighted by Gasteiger charge is -2.34. The van der Waals surface area contributed by atoms with Crippen LogP contribution in [0.4, 0.5) is 4.39 Å². The molecule has 1 heterocycles. The van der Waals surface area contributed by atoms with Crippen LogP contribution in [0.25, 0.3) is 11.5 Å². The van der Waals surface area contributed by atoms with E-state index in [1.165, 1.54) is 30.3 Å². The highest BCUT2D eigenvalue weighted by Gasteiger charge is 2.26. The van der Waals surface area contributed by atoms with Gasteiger partial charge < -0.3 is 9.32 Å². The van der Waals surface area contributed by atoms with Crippen molar-refractivity contribution in [1.82, 2.24) is 15.1 Å². The molecule has 0 aliphatic heterocycles. The van der Waals surface area contributed by atoms with Gasteiger partial charge in [-0.05, 0) is 49.6 Å². The van der Waals surface area contributed by atoms with E-state index in [0.717, 1.165) is 42.4 Å². The molecule has 0 radical (unpaired) electrons. The van der Waals surface area contributed by atoms with E-state index in [1.54, 1.807) is 12.1 Å². The second-order valence-corrected chi connectivity index (χ2v) is 8.89. The third-order valence-corrected chi connectivity index (χ3v) is 6.43.